The Morgan fingerprint density at radius 2 is 2.25 bits per heavy atom. The van der Waals surface area contributed by atoms with Gasteiger partial charge in [0.25, 0.3) is 0 Å². The summed E-state index contributed by atoms with van der Waals surface area (Å²) in [5.74, 6) is 0.810. The smallest absolute Gasteiger partial charge is 0.223 e. The van der Waals surface area contributed by atoms with Crippen LogP contribution in [-0.2, 0) is 11.3 Å². The third kappa shape index (κ3) is 4.50. The SMILES string of the molecule is CC(C(=O)NCC1CCCCN1Cc1cccc(Cl)c1)C1CNC1. The Bertz CT molecular complexity index is 561. The number of likely N-dealkylation sites (tertiary alicyclic amines) is 1. The standard InChI is InChI=1S/C19H28ClN3O/c1-14(16-10-21-11-16)19(24)22-12-18-7-2-3-8-23(18)13-15-5-4-6-17(20)9-15/h4-6,9,14,16,18,21H,2-3,7-8,10-13H2,1H3,(H,22,24). The molecular weight excluding hydrogens is 322 g/mol. The van der Waals surface area contributed by atoms with Gasteiger partial charge in [0.1, 0.15) is 0 Å². The molecule has 2 atom stereocenters. The maximum atomic E-state index is 12.4. The predicted octanol–water partition coefficient (Wildman–Crippen LogP) is 2.67. The van der Waals surface area contributed by atoms with E-state index in [9.17, 15) is 4.79 Å². The third-order valence-electron chi connectivity index (χ3n) is 5.47. The molecule has 1 amide bonds. The Morgan fingerprint density at radius 1 is 1.42 bits per heavy atom. The zero-order valence-electron chi connectivity index (χ0n) is 14.4. The van der Waals surface area contributed by atoms with Gasteiger partial charge in [-0.3, -0.25) is 9.69 Å². The van der Waals surface area contributed by atoms with Gasteiger partial charge < -0.3 is 10.6 Å². The summed E-state index contributed by atoms with van der Waals surface area (Å²) in [5, 5.41) is 7.23. The van der Waals surface area contributed by atoms with Gasteiger partial charge in [0.2, 0.25) is 5.91 Å². The Balaban J connectivity index is 1.53. The summed E-state index contributed by atoms with van der Waals surface area (Å²) in [7, 11) is 0. The number of benzene rings is 1. The minimum atomic E-state index is 0.108. The van der Waals surface area contributed by atoms with Crippen LogP contribution < -0.4 is 10.6 Å². The number of halogens is 1. The van der Waals surface area contributed by atoms with Crippen molar-refractivity contribution in [2.75, 3.05) is 26.2 Å². The summed E-state index contributed by atoms with van der Waals surface area (Å²) in [4.78, 5) is 14.8. The van der Waals surface area contributed by atoms with Crippen molar-refractivity contribution in [2.24, 2.45) is 11.8 Å². The summed E-state index contributed by atoms with van der Waals surface area (Å²) in [6.45, 7) is 6.74. The molecule has 1 aromatic carbocycles. The number of rotatable bonds is 6. The lowest BCUT2D eigenvalue weighted by molar-refractivity contribution is -0.127. The molecule has 2 heterocycles. The van der Waals surface area contributed by atoms with Gasteiger partial charge in [-0.25, -0.2) is 0 Å². The van der Waals surface area contributed by atoms with Crippen LogP contribution in [0.1, 0.15) is 31.7 Å². The maximum absolute atomic E-state index is 12.4. The van der Waals surface area contributed by atoms with Crippen molar-refractivity contribution in [2.45, 2.75) is 38.8 Å². The predicted molar refractivity (Wildman–Crippen MR) is 98.0 cm³/mol. The van der Waals surface area contributed by atoms with E-state index in [1.807, 2.05) is 25.1 Å². The first-order valence-electron chi connectivity index (χ1n) is 9.10. The molecule has 132 valence electrons. The van der Waals surface area contributed by atoms with E-state index in [1.165, 1.54) is 18.4 Å². The van der Waals surface area contributed by atoms with E-state index in [0.717, 1.165) is 44.2 Å². The topological polar surface area (TPSA) is 44.4 Å². The minimum Gasteiger partial charge on any atom is -0.354 e. The molecule has 1 aromatic rings. The largest absolute Gasteiger partial charge is 0.354 e. The van der Waals surface area contributed by atoms with Crippen LogP contribution in [0.4, 0.5) is 0 Å². The number of nitrogens with one attached hydrogen (secondary N) is 2. The van der Waals surface area contributed by atoms with Crippen molar-refractivity contribution in [3.8, 4) is 0 Å². The second-order valence-corrected chi connectivity index (χ2v) is 7.64. The molecule has 5 heteroatoms. The van der Waals surface area contributed by atoms with Crippen LogP contribution in [0.15, 0.2) is 24.3 Å². The van der Waals surface area contributed by atoms with Gasteiger partial charge in [-0.1, -0.05) is 37.1 Å². The molecule has 2 unspecified atom stereocenters. The van der Waals surface area contributed by atoms with E-state index in [2.05, 4.69) is 21.6 Å². The Labute approximate surface area is 149 Å². The number of hydrogen-bond acceptors (Lipinski definition) is 3. The van der Waals surface area contributed by atoms with Gasteiger partial charge >= 0.3 is 0 Å². The van der Waals surface area contributed by atoms with E-state index in [-0.39, 0.29) is 11.8 Å². The molecule has 0 spiro atoms. The molecule has 0 saturated carbocycles. The summed E-state index contributed by atoms with van der Waals surface area (Å²) in [5.41, 5.74) is 1.25. The van der Waals surface area contributed by atoms with Crippen molar-refractivity contribution < 1.29 is 4.79 Å². The van der Waals surface area contributed by atoms with E-state index in [1.54, 1.807) is 0 Å². The van der Waals surface area contributed by atoms with Crippen LogP contribution in [0.25, 0.3) is 0 Å². The number of piperidine rings is 1. The summed E-state index contributed by atoms with van der Waals surface area (Å²) < 4.78 is 0. The average Bonchev–Trinajstić information content (AvgIpc) is 2.52. The molecule has 2 fully saturated rings. The summed E-state index contributed by atoms with van der Waals surface area (Å²) >= 11 is 6.10. The van der Waals surface area contributed by atoms with Gasteiger partial charge in [0.15, 0.2) is 0 Å². The number of carbonyl (C=O) groups is 1. The van der Waals surface area contributed by atoms with Crippen molar-refractivity contribution in [1.29, 1.82) is 0 Å². The van der Waals surface area contributed by atoms with Crippen LogP contribution in [0, 0.1) is 11.8 Å². The maximum Gasteiger partial charge on any atom is 0.223 e. The van der Waals surface area contributed by atoms with E-state index >= 15 is 0 Å². The second kappa shape index (κ2) is 8.32. The van der Waals surface area contributed by atoms with Crippen LogP contribution >= 0.6 is 11.6 Å². The molecule has 0 aromatic heterocycles. The van der Waals surface area contributed by atoms with Gasteiger partial charge in [-0.15, -0.1) is 0 Å². The normalized spacial score (nSPS) is 23.5. The lowest BCUT2D eigenvalue weighted by atomic mass is 9.88. The van der Waals surface area contributed by atoms with Gasteiger partial charge in [-0.2, -0.15) is 0 Å². The van der Waals surface area contributed by atoms with Crippen LogP contribution in [0.3, 0.4) is 0 Å². The fourth-order valence-corrected chi connectivity index (χ4v) is 3.84. The minimum absolute atomic E-state index is 0.108. The molecule has 2 aliphatic heterocycles. The molecular formula is C19H28ClN3O. The Hall–Kier alpha value is -1.10. The van der Waals surface area contributed by atoms with Crippen molar-refractivity contribution in [1.82, 2.24) is 15.5 Å². The molecule has 0 bridgehead atoms. The molecule has 4 nitrogen and oxygen atoms in total. The van der Waals surface area contributed by atoms with Crippen LogP contribution in [0.2, 0.25) is 5.02 Å². The molecule has 2 saturated heterocycles. The average molecular weight is 350 g/mol. The highest BCUT2D eigenvalue weighted by Crippen LogP contribution is 2.21. The summed E-state index contributed by atoms with van der Waals surface area (Å²) in [6.07, 6.45) is 3.63. The summed E-state index contributed by atoms with van der Waals surface area (Å²) in [6, 6.07) is 8.51. The second-order valence-electron chi connectivity index (χ2n) is 7.20. The molecule has 0 aliphatic carbocycles. The molecule has 2 aliphatic rings. The van der Waals surface area contributed by atoms with E-state index in [4.69, 9.17) is 11.6 Å². The van der Waals surface area contributed by atoms with Gasteiger partial charge in [-0.05, 0) is 56.1 Å². The highest BCUT2D eigenvalue weighted by molar-refractivity contribution is 6.30. The highest BCUT2D eigenvalue weighted by Gasteiger charge is 2.29. The zero-order valence-corrected chi connectivity index (χ0v) is 15.2. The fraction of sp³-hybridized carbons (Fsp3) is 0.632. The zero-order chi connectivity index (χ0) is 16.9. The lowest BCUT2D eigenvalue weighted by Gasteiger charge is -2.37. The molecule has 0 radical (unpaired) electrons. The van der Waals surface area contributed by atoms with Crippen LogP contribution in [-0.4, -0.2) is 43.0 Å². The van der Waals surface area contributed by atoms with Gasteiger partial charge in [0.05, 0.1) is 0 Å². The molecule has 2 N–H and O–H groups in total. The highest BCUT2D eigenvalue weighted by atomic mass is 35.5. The van der Waals surface area contributed by atoms with Crippen molar-refractivity contribution >= 4 is 17.5 Å². The third-order valence-corrected chi connectivity index (χ3v) is 5.70. The van der Waals surface area contributed by atoms with E-state index in [0.29, 0.717) is 12.0 Å². The van der Waals surface area contributed by atoms with E-state index < -0.39 is 0 Å². The quantitative estimate of drug-likeness (QED) is 0.830. The molecule has 3 rings (SSSR count). The van der Waals surface area contributed by atoms with Crippen molar-refractivity contribution in [3.63, 3.8) is 0 Å². The number of nitrogens with zero attached hydrogens (tertiary/aromatic N) is 1. The Kier molecular flexibility index (Phi) is 6.14. The first-order valence-corrected chi connectivity index (χ1v) is 9.48. The van der Waals surface area contributed by atoms with Gasteiger partial charge in [0, 0.05) is 30.1 Å². The fourth-order valence-electron chi connectivity index (χ4n) is 3.63. The lowest BCUT2D eigenvalue weighted by Crippen LogP contribution is -2.52. The molecule has 24 heavy (non-hydrogen) atoms. The van der Waals surface area contributed by atoms with Crippen LogP contribution in [0.5, 0.6) is 0 Å². The number of hydrogen-bond donors (Lipinski definition) is 2. The Morgan fingerprint density at radius 3 is 2.96 bits per heavy atom. The number of amides is 1. The first-order chi connectivity index (χ1) is 11.6. The number of carbonyl (C=O) groups excluding carboxylic acids is 1. The first kappa shape index (κ1) is 17.7. The van der Waals surface area contributed by atoms with Crippen molar-refractivity contribution in [3.05, 3.63) is 34.9 Å². The monoisotopic (exact) mass is 349 g/mol.